The van der Waals surface area contributed by atoms with Crippen LogP contribution >= 0.6 is 0 Å². The molecule has 1 aromatic heterocycles. The number of rotatable bonds is 6. The molecule has 0 bridgehead atoms. The van der Waals surface area contributed by atoms with Gasteiger partial charge in [-0.15, -0.1) is 0 Å². The molecule has 8 nitrogen and oxygen atoms in total. The van der Waals surface area contributed by atoms with Crippen LogP contribution in [0.3, 0.4) is 0 Å². The van der Waals surface area contributed by atoms with Gasteiger partial charge in [-0.2, -0.15) is 15.1 Å². The molecule has 1 aromatic carbocycles. The van der Waals surface area contributed by atoms with Crippen molar-refractivity contribution >= 4 is 17.4 Å². The van der Waals surface area contributed by atoms with Crippen LogP contribution in [0.1, 0.15) is 59.7 Å². The van der Waals surface area contributed by atoms with E-state index in [2.05, 4.69) is 25.5 Å². The van der Waals surface area contributed by atoms with Crippen molar-refractivity contribution in [1.82, 2.24) is 15.0 Å². The number of nitrogens with zero attached hydrogens (tertiary/aromatic N) is 4. The number of benzene rings is 1. The normalized spacial score (nSPS) is 13.8. The van der Waals surface area contributed by atoms with Gasteiger partial charge in [0.15, 0.2) is 0 Å². The molecule has 0 radical (unpaired) electrons. The van der Waals surface area contributed by atoms with Crippen molar-refractivity contribution < 1.29 is 14.3 Å². The van der Waals surface area contributed by atoms with E-state index in [4.69, 9.17) is 9.47 Å². The Balaban J connectivity index is 1.88. The molecule has 1 aliphatic carbocycles. The van der Waals surface area contributed by atoms with Gasteiger partial charge in [0.25, 0.3) is 0 Å². The van der Waals surface area contributed by atoms with Crippen LogP contribution in [-0.4, -0.2) is 40.9 Å². The summed E-state index contributed by atoms with van der Waals surface area (Å²) >= 11 is 0. The van der Waals surface area contributed by atoms with E-state index in [1.54, 1.807) is 13.0 Å². The fourth-order valence-electron chi connectivity index (χ4n) is 3.19. The van der Waals surface area contributed by atoms with Crippen LogP contribution in [0.2, 0.25) is 0 Å². The summed E-state index contributed by atoms with van der Waals surface area (Å²) in [6.07, 6.45) is 6.05. The number of esters is 1. The minimum Gasteiger partial charge on any atom is -0.467 e. The Kier molecular flexibility index (Phi) is 6.52. The third kappa shape index (κ3) is 5.03. The Morgan fingerprint density at radius 2 is 1.93 bits per heavy atom. The highest BCUT2D eigenvalue weighted by Crippen LogP contribution is 2.21. The first-order chi connectivity index (χ1) is 13.6. The molecule has 0 saturated heterocycles. The molecule has 1 fully saturated rings. The van der Waals surface area contributed by atoms with Gasteiger partial charge in [-0.25, -0.2) is 9.78 Å². The Hall–Kier alpha value is -3.03. The van der Waals surface area contributed by atoms with E-state index in [0.717, 1.165) is 24.1 Å². The predicted molar refractivity (Wildman–Crippen MR) is 106 cm³/mol. The minimum absolute atomic E-state index is 0.250. The fourth-order valence-corrected chi connectivity index (χ4v) is 3.19. The molecule has 8 heteroatoms. The molecule has 1 saturated carbocycles. The van der Waals surface area contributed by atoms with Crippen LogP contribution < -0.4 is 10.2 Å². The van der Waals surface area contributed by atoms with Crippen molar-refractivity contribution in [2.45, 2.75) is 45.4 Å². The molecule has 0 atom stereocenters. The lowest BCUT2D eigenvalue weighted by Gasteiger charge is -2.14. The van der Waals surface area contributed by atoms with Crippen LogP contribution in [-0.2, 0) is 11.2 Å². The van der Waals surface area contributed by atoms with Gasteiger partial charge in [-0.05, 0) is 56.4 Å². The third-order valence-corrected chi connectivity index (χ3v) is 4.59. The van der Waals surface area contributed by atoms with E-state index < -0.39 is 5.97 Å². The molecule has 1 aliphatic rings. The lowest BCUT2D eigenvalue weighted by Crippen LogP contribution is -2.10. The molecule has 0 spiro atoms. The highest BCUT2D eigenvalue weighted by atomic mass is 16.5. The number of carbonyl (C=O) groups is 1. The zero-order chi connectivity index (χ0) is 19.9. The molecule has 0 unspecified atom stereocenters. The number of hydrogen-bond acceptors (Lipinski definition) is 8. The second-order valence-corrected chi connectivity index (χ2v) is 6.68. The maximum atomic E-state index is 12.2. The quantitative estimate of drug-likeness (QED) is 0.603. The minimum atomic E-state index is -0.405. The molecule has 28 heavy (non-hydrogen) atoms. The van der Waals surface area contributed by atoms with Gasteiger partial charge in [0.2, 0.25) is 0 Å². The van der Waals surface area contributed by atoms with E-state index in [9.17, 15) is 4.79 Å². The van der Waals surface area contributed by atoms with Gasteiger partial charge in [-0.1, -0.05) is 6.42 Å². The maximum absolute atomic E-state index is 12.2. The van der Waals surface area contributed by atoms with E-state index in [1.165, 1.54) is 39.2 Å². The number of ether oxygens (including phenoxy) is 2. The number of aryl methyl sites for hydroxylation is 1. The summed E-state index contributed by atoms with van der Waals surface area (Å²) < 4.78 is 10.0. The van der Waals surface area contributed by atoms with Crippen molar-refractivity contribution in [1.29, 1.82) is 0 Å². The van der Waals surface area contributed by atoms with Crippen molar-refractivity contribution in [2.75, 3.05) is 19.6 Å². The smallest absolute Gasteiger partial charge is 0.338 e. The maximum Gasteiger partial charge on any atom is 0.338 e. The summed E-state index contributed by atoms with van der Waals surface area (Å²) in [7, 11) is 2.87. The summed E-state index contributed by atoms with van der Waals surface area (Å²) in [5.74, 6) is 0.669. The van der Waals surface area contributed by atoms with E-state index >= 15 is 0 Å². The van der Waals surface area contributed by atoms with Gasteiger partial charge in [0.1, 0.15) is 11.6 Å². The molecule has 0 aliphatic heterocycles. The molecular formula is C20H25N5O3. The number of anilines is 1. The molecular weight excluding hydrogens is 358 g/mol. The Morgan fingerprint density at radius 1 is 1.14 bits per heavy atom. The number of aromatic nitrogens is 3. The summed E-state index contributed by atoms with van der Waals surface area (Å²) in [6, 6.07) is 5.68. The lowest BCUT2D eigenvalue weighted by atomic mass is 9.99. The van der Waals surface area contributed by atoms with Gasteiger partial charge in [-0.3, -0.25) is 5.43 Å². The first-order valence-electron chi connectivity index (χ1n) is 9.37. The van der Waals surface area contributed by atoms with Crippen LogP contribution in [0.25, 0.3) is 0 Å². The lowest BCUT2D eigenvalue weighted by molar-refractivity contribution is 0.0599. The molecule has 2 aromatic rings. The molecule has 3 rings (SSSR count). The molecule has 1 N–H and O–H groups in total. The zero-order valence-corrected chi connectivity index (χ0v) is 16.5. The highest BCUT2D eigenvalue weighted by Gasteiger charge is 2.15. The largest absolute Gasteiger partial charge is 0.467 e. The topological polar surface area (TPSA) is 98.6 Å². The zero-order valence-electron chi connectivity index (χ0n) is 16.5. The van der Waals surface area contributed by atoms with Crippen LogP contribution in [0.4, 0.5) is 5.69 Å². The predicted octanol–water partition coefficient (Wildman–Crippen LogP) is 3.30. The molecule has 0 amide bonds. The van der Waals surface area contributed by atoms with Crippen molar-refractivity contribution in [3.63, 3.8) is 0 Å². The Bertz CT molecular complexity index is 874. The van der Waals surface area contributed by atoms with E-state index in [0.29, 0.717) is 23.6 Å². The van der Waals surface area contributed by atoms with Crippen molar-refractivity contribution in [3.05, 3.63) is 41.0 Å². The second kappa shape index (κ2) is 9.25. The summed E-state index contributed by atoms with van der Waals surface area (Å²) in [5.41, 5.74) is 6.32. The van der Waals surface area contributed by atoms with Gasteiger partial charge in [0, 0.05) is 12.1 Å². The number of carbonyl (C=O) groups excluding carboxylic acids is 1. The molecule has 1 heterocycles. The van der Waals surface area contributed by atoms with Gasteiger partial charge >= 0.3 is 12.0 Å². The highest BCUT2D eigenvalue weighted by molar-refractivity contribution is 5.92. The number of methoxy groups -OCH3 is 2. The van der Waals surface area contributed by atoms with Crippen LogP contribution in [0.15, 0.2) is 23.3 Å². The SMILES string of the molecule is COC(=O)c1ccc(NN=C2CCCCC2)cc1Cc1nc(C)nc(OC)n1. The third-order valence-electron chi connectivity index (χ3n) is 4.59. The Labute approximate surface area is 164 Å². The first kappa shape index (κ1) is 19.7. The average Bonchev–Trinajstić information content (AvgIpc) is 2.72. The second-order valence-electron chi connectivity index (χ2n) is 6.68. The fraction of sp³-hybridized carbons (Fsp3) is 0.450. The van der Waals surface area contributed by atoms with Crippen LogP contribution in [0.5, 0.6) is 6.01 Å². The average molecular weight is 383 g/mol. The Morgan fingerprint density at radius 3 is 2.64 bits per heavy atom. The van der Waals surface area contributed by atoms with Gasteiger partial charge in [0.05, 0.1) is 25.5 Å². The summed E-state index contributed by atoms with van der Waals surface area (Å²) in [5, 5.41) is 4.53. The number of nitrogens with one attached hydrogen (secondary N) is 1. The number of hydrazone groups is 1. The van der Waals surface area contributed by atoms with Gasteiger partial charge < -0.3 is 9.47 Å². The molecule has 148 valence electrons. The van der Waals surface area contributed by atoms with Crippen molar-refractivity contribution in [2.24, 2.45) is 5.10 Å². The number of hydrogen-bond donors (Lipinski definition) is 1. The van der Waals surface area contributed by atoms with E-state index in [-0.39, 0.29) is 6.01 Å². The standard InChI is InChI=1S/C20H25N5O3/c1-13-21-18(23-20(22-13)28-3)12-14-11-16(9-10-17(14)19(26)27-2)25-24-15-7-5-4-6-8-15/h9-11,25H,4-8,12H2,1-3H3. The monoisotopic (exact) mass is 383 g/mol. The van der Waals surface area contributed by atoms with Crippen molar-refractivity contribution in [3.8, 4) is 6.01 Å². The first-order valence-corrected chi connectivity index (χ1v) is 9.37. The summed E-state index contributed by atoms with van der Waals surface area (Å²) in [6.45, 7) is 1.77. The summed E-state index contributed by atoms with van der Waals surface area (Å²) in [4.78, 5) is 24.9. The van der Waals surface area contributed by atoms with Crippen LogP contribution in [0, 0.1) is 6.92 Å². The van der Waals surface area contributed by atoms with E-state index in [1.807, 2.05) is 12.1 Å².